The molecule has 2 aromatic rings. The van der Waals surface area contributed by atoms with E-state index in [1.165, 1.54) is 12.8 Å². The van der Waals surface area contributed by atoms with E-state index in [1.807, 2.05) is 18.2 Å². The van der Waals surface area contributed by atoms with Gasteiger partial charge in [0, 0.05) is 12.1 Å². The highest BCUT2D eigenvalue weighted by Gasteiger charge is 2.11. The fraction of sp³-hybridized carbons (Fsp3) is 0.500. The summed E-state index contributed by atoms with van der Waals surface area (Å²) in [5.74, 6) is 1.74. The lowest BCUT2D eigenvalue weighted by Gasteiger charge is -2.15. The van der Waals surface area contributed by atoms with E-state index in [0.717, 1.165) is 37.3 Å². The van der Waals surface area contributed by atoms with Crippen LogP contribution in [-0.4, -0.2) is 21.3 Å². The zero-order valence-electron chi connectivity index (χ0n) is 12.2. The van der Waals surface area contributed by atoms with Crippen molar-refractivity contribution >= 4 is 0 Å². The normalized spacial score (nSPS) is 12.5. The average Bonchev–Trinajstić information content (AvgIpc) is 2.94. The molecule has 4 nitrogen and oxygen atoms in total. The SMILES string of the molecule is CCCC(CCN)CCc1nncn1-c1ccccc1. The summed E-state index contributed by atoms with van der Waals surface area (Å²) < 4.78 is 2.07. The van der Waals surface area contributed by atoms with Crippen molar-refractivity contribution in [3.8, 4) is 5.69 Å². The number of hydrogen-bond donors (Lipinski definition) is 1. The van der Waals surface area contributed by atoms with Crippen LogP contribution in [0.15, 0.2) is 36.7 Å². The molecule has 2 N–H and O–H groups in total. The van der Waals surface area contributed by atoms with Gasteiger partial charge in [-0.2, -0.15) is 0 Å². The monoisotopic (exact) mass is 272 g/mol. The smallest absolute Gasteiger partial charge is 0.137 e. The molecule has 1 atom stereocenters. The zero-order chi connectivity index (χ0) is 14.2. The van der Waals surface area contributed by atoms with Gasteiger partial charge in [0.1, 0.15) is 12.2 Å². The van der Waals surface area contributed by atoms with Gasteiger partial charge in [-0.3, -0.25) is 4.57 Å². The largest absolute Gasteiger partial charge is 0.330 e. The van der Waals surface area contributed by atoms with E-state index in [2.05, 4.69) is 33.8 Å². The van der Waals surface area contributed by atoms with E-state index in [-0.39, 0.29) is 0 Å². The Morgan fingerprint density at radius 2 is 1.95 bits per heavy atom. The first-order valence-corrected chi connectivity index (χ1v) is 7.49. The molecule has 0 spiro atoms. The van der Waals surface area contributed by atoms with E-state index in [9.17, 15) is 0 Å². The molecule has 0 aliphatic heterocycles. The lowest BCUT2D eigenvalue weighted by molar-refractivity contribution is 0.416. The fourth-order valence-electron chi connectivity index (χ4n) is 2.64. The maximum absolute atomic E-state index is 5.70. The lowest BCUT2D eigenvalue weighted by Crippen LogP contribution is -2.11. The van der Waals surface area contributed by atoms with Gasteiger partial charge in [0.05, 0.1) is 0 Å². The number of para-hydroxylation sites is 1. The molecule has 4 heteroatoms. The third kappa shape index (κ3) is 3.90. The molecule has 0 amide bonds. The molecule has 1 heterocycles. The molecule has 108 valence electrons. The minimum atomic E-state index is 0.700. The maximum Gasteiger partial charge on any atom is 0.137 e. The molecule has 0 fully saturated rings. The van der Waals surface area contributed by atoms with Crippen molar-refractivity contribution in [2.45, 2.75) is 39.0 Å². The standard InChI is InChI=1S/C16H24N4/c1-2-6-14(11-12-17)9-10-16-19-18-13-20(16)15-7-4-3-5-8-15/h3-5,7-8,13-14H,2,6,9-12,17H2,1H3. The van der Waals surface area contributed by atoms with Crippen LogP contribution in [0.25, 0.3) is 5.69 Å². The van der Waals surface area contributed by atoms with Crippen LogP contribution in [0.3, 0.4) is 0 Å². The highest BCUT2D eigenvalue weighted by Crippen LogP contribution is 2.18. The fourth-order valence-corrected chi connectivity index (χ4v) is 2.64. The van der Waals surface area contributed by atoms with Crippen LogP contribution >= 0.6 is 0 Å². The van der Waals surface area contributed by atoms with E-state index in [0.29, 0.717) is 5.92 Å². The molecule has 0 aliphatic rings. The van der Waals surface area contributed by atoms with Gasteiger partial charge >= 0.3 is 0 Å². The summed E-state index contributed by atoms with van der Waals surface area (Å²) in [6.45, 7) is 3.01. The summed E-state index contributed by atoms with van der Waals surface area (Å²) in [7, 11) is 0. The van der Waals surface area contributed by atoms with Gasteiger partial charge < -0.3 is 5.73 Å². The van der Waals surface area contributed by atoms with E-state index < -0.39 is 0 Å². The Kier molecular flexibility index (Phi) is 5.74. The number of rotatable bonds is 8. The predicted octanol–water partition coefficient (Wildman–Crippen LogP) is 2.97. The van der Waals surface area contributed by atoms with Crippen LogP contribution in [0, 0.1) is 5.92 Å². The predicted molar refractivity (Wildman–Crippen MR) is 81.7 cm³/mol. The molecule has 0 radical (unpaired) electrons. The second-order valence-electron chi connectivity index (χ2n) is 5.22. The minimum Gasteiger partial charge on any atom is -0.330 e. The molecule has 0 saturated carbocycles. The second kappa shape index (κ2) is 7.80. The van der Waals surface area contributed by atoms with Gasteiger partial charge in [-0.1, -0.05) is 38.0 Å². The number of benzene rings is 1. The Labute approximate surface area is 121 Å². The van der Waals surface area contributed by atoms with Crippen molar-refractivity contribution in [1.29, 1.82) is 0 Å². The molecule has 20 heavy (non-hydrogen) atoms. The van der Waals surface area contributed by atoms with Gasteiger partial charge in [0.25, 0.3) is 0 Å². The van der Waals surface area contributed by atoms with Crippen molar-refractivity contribution < 1.29 is 0 Å². The molecule has 1 aromatic heterocycles. The Bertz CT molecular complexity index is 486. The van der Waals surface area contributed by atoms with Gasteiger partial charge in [-0.05, 0) is 37.4 Å². The first kappa shape index (κ1) is 14.7. The Morgan fingerprint density at radius 3 is 2.65 bits per heavy atom. The van der Waals surface area contributed by atoms with Gasteiger partial charge in [-0.15, -0.1) is 10.2 Å². The zero-order valence-corrected chi connectivity index (χ0v) is 12.2. The van der Waals surface area contributed by atoms with Gasteiger partial charge in [-0.25, -0.2) is 0 Å². The van der Waals surface area contributed by atoms with Crippen molar-refractivity contribution in [3.63, 3.8) is 0 Å². The van der Waals surface area contributed by atoms with Gasteiger partial charge in [0.2, 0.25) is 0 Å². The number of hydrogen-bond acceptors (Lipinski definition) is 3. The van der Waals surface area contributed by atoms with E-state index >= 15 is 0 Å². The average molecular weight is 272 g/mol. The number of aromatic nitrogens is 3. The lowest BCUT2D eigenvalue weighted by atomic mass is 9.94. The second-order valence-corrected chi connectivity index (χ2v) is 5.22. The number of nitrogens with two attached hydrogens (primary N) is 1. The summed E-state index contributed by atoms with van der Waals surface area (Å²) in [4.78, 5) is 0. The maximum atomic E-state index is 5.70. The van der Waals surface area contributed by atoms with Crippen LogP contribution in [0.5, 0.6) is 0 Å². The highest BCUT2D eigenvalue weighted by molar-refractivity contribution is 5.31. The topological polar surface area (TPSA) is 56.7 Å². The summed E-state index contributed by atoms with van der Waals surface area (Å²) in [6.07, 6.45) is 7.46. The number of aryl methyl sites for hydroxylation is 1. The van der Waals surface area contributed by atoms with E-state index in [1.54, 1.807) is 6.33 Å². The van der Waals surface area contributed by atoms with Gasteiger partial charge in [0.15, 0.2) is 0 Å². The summed E-state index contributed by atoms with van der Waals surface area (Å²) in [5.41, 5.74) is 6.82. The molecule has 1 aromatic carbocycles. The highest BCUT2D eigenvalue weighted by atomic mass is 15.3. The molecule has 2 rings (SSSR count). The van der Waals surface area contributed by atoms with Crippen LogP contribution in [0.4, 0.5) is 0 Å². The molecule has 1 unspecified atom stereocenters. The van der Waals surface area contributed by atoms with Crippen molar-refractivity contribution in [2.24, 2.45) is 11.7 Å². The first-order chi connectivity index (χ1) is 9.85. The Hall–Kier alpha value is -1.68. The molecule has 0 aliphatic carbocycles. The molecular formula is C16H24N4. The summed E-state index contributed by atoms with van der Waals surface area (Å²) in [5, 5.41) is 8.32. The first-order valence-electron chi connectivity index (χ1n) is 7.49. The third-order valence-corrected chi connectivity index (χ3v) is 3.70. The Morgan fingerprint density at radius 1 is 1.15 bits per heavy atom. The summed E-state index contributed by atoms with van der Waals surface area (Å²) in [6, 6.07) is 10.2. The molecule has 0 bridgehead atoms. The summed E-state index contributed by atoms with van der Waals surface area (Å²) >= 11 is 0. The molecular weight excluding hydrogens is 248 g/mol. The van der Waals surface area contributed by atoms with Crippen molar-refractivity contribution in [2.75, 3.05) is 6.54 Å². The van der Waals surface area contributed by atoms with Crippen LogP contribution < -0.4 is 5.73 Å². The van der Waals surface area contributed by atoms with Crippen LogP contribution in [0.1, 0.15) is 38.4 Å². The van der Waals surface area contributed by atoms with Crippen LogP contribution in [0.2, 0.25) is 0 Å². The van der Waals surface area contributed by atoms with Crippen molar-refractivity contribution in [3.05, 3.63) is 42.5 Å². The minimum absolute atomic E-state index is 0.700. The van der Waals surface area contributed by atoms with Crippen LogP contribution in [-0.2, 0) is 6.42 Å². The quantitative estimate of drug-likeness (QED) is 0.803. The third-order valence-electron chi connectivity index (χ3n) is 3.70. The molecule has 0 saturated heterocycles. The number of nitrogens with zero attached hydrogens (tertiary/aromatic N) is 3. The van der Waals surface area contributed by atoms with E-state index in [4.69, 9.17) is 5.73 Å². The Balaban J connectivity index is 2.02. The van der Waals surface area contributed by atoms with Crippen molar-refractivity contribution in [1.82, 2.24) is 14.8 Å².